The van der Waals surface area contributed by atoms with Crippen LogP contribution < -0.4 is 0 Å². The van der Waals surface area contributed by atoms with Gasteiger partial charge in [-0.05, 0) is 36.1 Å². The zero-order valence-electron chi connectivity index (χ0n) is 8.43. The maximum absolute atomic E-state index is 11.3. The summed E-state index contributed by atoms with van der Waals surface area (Å²) in [5.74, 6) is -0.114. The molecule has 0 aliphatic carbocycles. The first-order valence-electron chi connectivity index (χ1n) is 4.34. The fraction of sp³-hybridized carbons (Fsp3) is 0.556. The van der Waals surface area contributed by atoms with Gasteiger partial charge in [-0.25, -0.2) is 0 Å². The van der Waals surface area contributed by atoms with E-state index in [-0.39, 0.29) is 12.7 Å². The van der Waals surface area contributed by atoms with Crippen molar-refractivity contribution in [1.82, 2.24) is 0 Å². The highest BCUT2D eigenvalue weighted by Crippen LogP contribution is 2.52. The Bertz CT molecular complexity index is 321. The molecular weight excluding hydrogens is 331 g/mol. The lowest BCUT2D eigenvalue weighted by Crippen LogP contribution is -2.08. The van der Waals surface area contributed by atoms with Gasteiger partial charge in [0, 0.05) is 21.2 Å². The highest BCUT2D eigenvalue weighted by molar-refractivity contribution is 14.2. The molecule has 0 bridgehead atoms. The number of hydrogen-bond acceptors (Lipinski definition) is 3. The summed E-state index contributed by atoms with van der Waals surface area (Å²) in [6, 6.07) is 0. The monoisotopic (exact) mass is 344 g/mol. The van der Waals surface area contributed by atoms with Gasteiger partial charge in [-0.15, -0.1) is 0 Å². The Kier molecular flexibility index (Phi) is 4.99. The third-order valence-electron chi connectivity index (χ3n) is 1.92. The van der Waals surface area contributed by atoms with Crippen LogP contribution in [-0.4, -0.2) is 17.4 Å². The van der Waals surface area contributed by atoms with Crippen molar-refractivity contribution in [2.45, 2.75) is 27.2 Å². The lowest BCUT2D eigenvalue weighted by atomic mass is 10.1. The SMILES string of the molecule is CCOC(=O)CC1=C(C)SS(I)=C1C. The molecule has 0 saturated heterocycles. The van der Waals surface area contributed by atoms with Gasteiger partial charge in [0.1, 0.15) is 0 Å². The molecule has 0 aromatic rings. The van der Waals surface area contributed by atoms with E-state index < -0.39 is 0 Å². The van der Waals surface area contributed by atoms with Gasteiger partial charge in [0.05, 0.1) is 13.0 Å². The molecule has 0 saturated carbocycles. The van der Waals surface area contributed by atoms with Gasteiger partial charge in [0.2, 0.25) is 0 Å². The Morgan fingerprint density at radius 2 is 2.21 bits per heavy atom. The summed E-state index contributed by atoms with van der Waals surface area (Å²) in [6.07, 6.45) is 0.436. The van der Waals surface area contributed by atoms with Crippen LogP contribution >= 0.6 is 38.7 Å². The third kappa shape index (κ3) is 3.00. The lowest BCUT2D eigenvalue weighted by molar-refractivity contribution is -0.142. The molecule has 0 spiro atoms. The second kappa shape index (κ2) is 5.55. The summed E-state index contributed by atoms with van der Waals surface area (Å²) in [7, 11) is 1.85. The van der Waals surface area contributed by atoms with Gasteiger partial charge < -0.3 is 4.74 Å². The van der Waals surface area contributed by atoms with Gasteiger partial charge in [0.25, 0.3) is 0 Å². The molecule has 80 valence electrons. The molecule has 1 rings (SSSR count). The zero-order valence-corrected chi connectivity index (χ0v) is 12.2. The van der Waals surface area contributed by atoms with Crippen molar-refractivity contribution in [2.24, 2.45) is 0 Å². The second-order valence-electron chi connectivity index (χ2n) is 2.88. The van der Waals surface area contributed by atoms with E-state index in [9.17, 15) is 4.79 Å². The van der Waals surface area contributed by atoms with Crippen LogP contribution in [0.2, 0.25) is 0 Å². The Morgan fingerprint density at radius 3 is 2.64 bits per heavy atom. The van der Waals surface area contributed by atoms with Crippen molar-refractivity contribution in [3.8, 4) is 0 Å². The van der Waals surface area contributed by atoms with Crippen LogP contribution in [0.5, 0.6) is 0 Å². The van der Waals surface area contributed by atoms with Gasteiger partial charge in [0.15, 0.2) is 0 Å². The smallest absolute Gasteiger partial charge is 0.310 e. The predicted molar refractivity (Wildman–Crippen MR) is 73.8 cm³/mol. The molecule has 0 amide bonds. The summed E-state index contributed by atoms with van der Waals surface area (Å²) in [4.78, 5) is 13.9. The molecule has 5 heteroatoms. The Morgan fingerprint density at radius 1 is 1.57 bits per heavy atom. The van der Waals surface area contributed by atoms with E-state index in [1.54, 1.807) is 0 Å². The minimum atomic E-state index is -0.114. The first-order valence-corrected chi connectivity index (χ1v) is 9.44. The van der Waals surface area contributed by atoms with Crippen LogP contribution in [0.15, 0.2) is 10.5 Å². The van der Waals surface area contributed by atoms with Gasteiger partial charge >= 0.3 is 5.97 Å². The molecule has 1 aliphatic heterocycles. The van der Waals surface area contributed by atoms with E-state index in [0.717, 1.165) is 0 Å². The largest absolute Gasteiger partial charge is 0.466 e. The topological polar surface area (TPSA) is 26.3 Å². The van der Waals surface area contributed by atoms with E-state index in [0.29, 0.717) is 13.0 Å². The van der Waals surface area contributed by atoms with E-state index >= 15 is 0 Å². The van der Waals surface area contributed by atoms with Crippen LogP contribution in [0, 0.1) is 0 Å². The molecular formula is C9H13IO2S2. The molecule has 1 atom stereocenters. The standard InChI is InChI=1S/C9H13IO2S2/c1-4-12-9(11)5-8-6(2)13-14(10)7(8)3/h4-5H2,1-3H3. The average molecular weight is 344 g/mol. The third-order valence-corrected chi connectivity index (χ3v) is 8.82. The van der Waals surface area contributed by atoms with E-state index in [4.69, 9.17) is 4.74 Å². The van der Waals surface area contributed by atoms with Crippen LogP contribution in [0.4, 0.5) is 0 Å². The van der Waals surface area contributed by atoms with Crippen LogP contribution in [0.1, 0.15) is 27.2 Å². The highest BCUT2D eigenvalue weighted by atomic mass is 127. The molecule has 0 fully saturated rings. The molecule has 1 unspecified atom stereocenters. The quantitative estimate of drug-likeness (QED) is 0.338. The molecule has 14 heavy (non-hydrogen) atoms. The summed E-state index contributed by atoms with van der Waals surface area (Å²) in [5.41, 5.74) is 1.19. The molecule has 0 aromatic carbocycles. The van der Waals surface area contributed by atoms with Crippen molar-refractivity contribution >= 4 is 49.5 Å². The van der Waals surface area contributed by atoms with Crippen LogP contribution in [-0.2, 0) is 9.53 Å². The number of halogens is 1. The molecule has 1 heterocycles. The Balaban J connectivity index is 2.69. The molecule has 0 radical (unpaired) electrons. The Labute approximate surface area is 103 Å². The van der Waals surface area contributed by atoms with Crippen molar-refractivity contribution in [3.05, 3.63) is 10.5 Å². The number of carbonyl (C=O) groups is 1. The lowest BCUT2D eigenvalue weighted by Gasteiger charge is -2.04. The average Bonchev–Trinajstić information content (AvgIpc) is 2.33. The number of rotatable bonds is 3. The van der Waals surface area contributed by atoms with Crippen LogP contribution in [0.25, 0.3) is 0 Å². The molecule has 0 N–H and O–H groups in total. The van der Waals surface area contributed by atoms with E-state index in [2.05, 4.69) is 35.1 Å². The van der Waals surface area contributed by atoms with Crippen molar-refractivity contribution in [3.63, 3.8) is 0 Å². The molecule has 0 aromatic heterocycles. The summed E-state index contributed by atoms with van der Waals surface area (Å²) in [6.45, 7) is 6.71. The number of ether oxygens (including phenoxy) is 1. The number of hydrogen-bond donors (Lipinski definition) is 0. The summed E-state index contributed by atoms with van der Waals surface area (Å²) in [5, 5.41) is 0. The number of esters is 1. The second-order valence-corrected chi connectivity index (χ2v) is 10.7. The van der Waals surface area contributed by atoms with Crippen molar-refractivity contribution < 1.29 is 9.53 Å². The summed E-state index contributed by atoms with van der Waals surface area (Å²) < 4.78 is 4.94. The van der Waals surface area contributed by atoms with Gasteiger partial charge in [-0.1, -0.05) is 17.5 Å². The molecule has 2 nitrogen and oxygen atoms in total. The number of allylic oxidation sites excluding steroid dienone is 1. The fourth-order valence-electron chi connectivity index (χ4n) is 1.17. The van der Waals surface area contributed by atoms with Gasteiger partial charge in [-0.2, -0.15) is 0 Å². The maximum atomic E-state index is 11.3. The van der Waals surface area contributed by atoms with Crippen molar-refractivity contribution in [2.75, 3.05) is 6.61 Å². The van der Waals surface area contributed by atoms with Crippen molar-refractivity contribution in [1.29, 1.82) is 0 Å². The Hall–Kier alpha value is 0.510. The predicted octanol–water partition coefficient (Wildman–Crippen LogP) is 3.69. The minimum absolute atomic E-state index is 0.114. The van der Waals surface area contributed by atoms with Gasteiger partial charge in [-0.3, -0.25) is 4.79 Å². The number of carbonyl (C=O) groups excluding carboxylic acids is 1. The van der Waals surface area contributed by atoms with Crippen LogP contribution in [0.3, 0.4) is 0 Å². The van der Waals surface area contributed by atoms with E-state index in [1.165, 1.54) is 15.3 Å². The summed E-state index contributed by atoms with van der Waals surface area (Å²) >= 11 is 2.42. The zero-order chi connectivity index (χ0) is 10.7. The maximum Gasteiger partial charge on any atom is 0.310 e. The highest BCUT2D eigenvalue weighted by Gasteiger charge is 2.20. The fourth-order valence-corrected chi connectivity index (χ4v) is 7.19. The minimum Gasteiger partial charge on any atom is -0.466 e. The first-order chi connectivity index (χ1) is 6.56. The van der Waals surface area contributed by atoms with E-state index in [1.807, 2.05) is 17.7 Å². The normalized spacial score (nSPS) is 21.7. The first kappa shape index (κ1) is 12.6. The molecule has 1 aliphatic rings.